The number of benzene rings is 1. The van der Waals surface area contributed by atoms with Crippen molar-refractivity contribution in [3.8, 4) is 16.3 Å². The molecule has 130 valence electrons. The Morgan fingerprint density at radius 2 is 2.12 bits per heavy atom. The van der Waals surface area contributed by atoms with Crippen LogP contribution in [0.15, 0.2) is 24.3 Å². The Morgan fingerprint density at radius 1 is 1.42 bits per heavy atom. The summed E-state index contributed by atoms with van der Waals surface area (Å²) in [7, 11) is 1.66. The highest BCUT2D eigenvalue weighted by atomic mass is 35.5. The SMILES string of the molecule is COc1ccc(-c2nc3c(s2)C(NC(=O)[C@@H](C)N)CCC3)cc1.Cl. The fourth-order valence-electron chi connectivity index (χ4n) is 2.72. The molecule has 3 rings (SSSR count). The maximum Gasteiger partial charge on any atom is 0.237 e. The molecule has 1 unspecified atom stereocenters. The molecule has 1 aromatic heterocycles. The fourth-order valence-corrected chi connectivity index (χ4v) is 3.92. The van der Waals surface area contributed by atoms with Gasteiger partial charge in [0.15, 0.2) is 0 Å². The number of amides is 1. The highest BCUT2D eigenvalue weighted by molar-refractivity contribution is 7.15. The van der Waals surface area contributed by atoms with Crippen LogP contribution in [-0.2, 0) is 11.2 Å². The molecule has 0 fully saturated rings. The van der Waals surface area contributed by atoms with Gasteiger partial charge in [-0.05, 0) is 50.5 Å². The summed E-state index contributed by atoms with van der Waals surface area (Å²) in [4.78, 5) is 17.8. The number of hydrogen-bond acceptors (Lipinski definition) is 5. The van der Waals surface area contributed by atoms with Crippen molar-refractivity contribution < 1.29 is 9.53 Å². The molecule has 2 atom stereocenters. The first-order chi connectivity index (χ1) is 11.1. The van der Waals surface area contributed by atoms with Crippen molar-refractivity contribution in [2.24, 2.45) is 5.73 Å². The Labute approximate surface area is 152 Å². The van der Waals surface area contributed by atoms with Crippen LogP contribution >= 0.6 is 23.7 Å². The number of carbonyl (C=O) groups excluding carboxylic acids is 1. The monoisotopic (exact) mass is 367 g/mol. The second-order valence-electron chi connectivity index (χ2n) is 5.80. The van der Waals surface area contributed by atoms with E-state index in [9.17, 15) is 4.79 Å². The number of nitrogens with one attached hydrogen (secondary N) is 1. The molecule has 0 saturated carbocycles. The lowest BCUT2D eigenvalue weighted by Gasteiger charge is -2.23. The molecule has 0 aliphatic heterocycles. The van der Waals surface area contributed by atoms with Gasteiger partial charge in [0, 0.05) is 5.56 Å². The largest absolute Gasteiger partial charge is 0.497 e. The summed E-state index contributed by atoms with van der Waals surface area (Å²) in [5.41, 5.74) is 7.83. The van der Waals surface area contributed by atoms with E-state index in [-0.39, 0.29) is 24.4 Å². The Kier molecular flexibility index (Phi) is 6.21. The number of nitrogens with zero attached hydrogens (tertiary/aromatic N) is 1. The van der Waals surface area contributed by atoms with Crippen molar-refractivity contribution in [1.82, 2.24) is 10.3 Å². The third-order valence-corrected chi connectivity index (χ3v) is 5.28. The molecule has 0 saturated heterocycles. The number of methoxy groups -OCH3 is 1. The van der Waals surface area contributed by atoms with E-state index in [2.05, 4.69) is 5.32 Å². The molecule has 1 amide bonds. The zero-order valence-electron chi connectivity index (χ0n) is 13.7. The number of halogens is 1. The van der Waals surface area contributed by atoms with E-state index < -0.39 is 6.04 Å². The van der Waals surface area contributed by atoms with Gasteiger partial charge in [0.25, 0.3) is 0 Å². The topological polar surface area (TPSA) is 77.2 Å². The molecule has 7 heteroatoms. The van der Waals surface area contributed by atoms with Gasteiger partial charge in [-0.3, -0.25) is 4.79 Å². The normalized spacial score (nSPS) is 17.4. The Hall–Kier alpha value is -1.63. The number of aromatic nitrogens is 1. The van der Waals surface area contributed by atoms with E-state index in [4.69, 9.17) is 15.5 Å². The Morgan fingerprint density at radius 3 is 2.75 bits per heavy atom. The summed E-state index contributed by atoms with van der Waals surface area (Å²) in [5, 5.41) is 4.03. The van der Waals surface area contributed by atoms with Crippen LogP contribution < -0.4 is 15.8 Å². The lowest BCUT2D eigenvalue weighted by Crippen LogP contribution is -2.40. The molecular weight excluding hydrogens is 346 g/mol. The maximum absolute atomic E-state index is 11.9. The van der Waals surface area contributed by atoms with Crippen LogP contribution in [0.1, 0.15) is 36.4 Å². The summed E-state index contributed by atoms with van der Waals surface area (Å²) in [5.74, 6) is 0.722. The highest BCUT2D eigenvalue weighted by Gasteiger charge is 2.26. The van der Waals surface area contributed by atoms with Gasteiger partial charge in [-0.25, -0.2) is 4.98 Å². The molecule has 24 heavy (non-hydrogen) atoms. The second kappa shape index (κ2) is 7.96. The zero-order valence-corrected chi connectivity index (χ0v) is 15.4. The van der Waals surface area contributed by atoms with Crippen LogP contribution in [0.4, 0.5) is 0 Å². The average molecular weight is 368 g/mol. The number of nitrogens with two attached hydrogens (primary N) is 1. The average Bonchev–Trinajstić information content (AvgIpc) is 3.00. The van der Waals surface area contributed by atoms with Gasteiger partial charge in [-0.15, -0.1) is 23.7 Å². The molecule has 5 nitrogen and oxygen atoms in total. The molecule has 0 spiro atoms. The molecule has 1 aliphatic rings. The highest BCUT2D eigenvalue weighted by Crippen LogP contribution is 2.38. The second-order valence-corrected chi connectivity index (χ2v) is 6.83. The van der Waals surface area contributed by atoms with Crippen molar-refractivity contribution in [2.45, 2.75) is 38.3 Å². The van der Waals surface area contributed by atoms with Gasteiger partial charge in [0.2, 0.25) is 5.91 Å². The van der Waals surface area contributed by atoms with E-state index in [1.807, 2.05) is 24.3 Å². The Bertz CT molecular complexity index is 700. The third kappa shape index (κ3) is 3.88. The van der Waals surface area contributed by atoms with Crippen LogP contribution in [0.3, 0.4) is 0 Å². The van der Waals surface area contributed by atoms with Gasteiger partial charge in [-0.2, -0.15) is 0 Å². The van der Waals surface area contributed by atoms with E-state index in [0.29, 0.717) is 0 Å². The van der Waals surface area contributed by atoms with Gasteiger partial charge >= 0.3 is 0 Å². The van der Waals surface area contributed by atoms with E-state index in [1.165, 1.54) is 0 Å². The molecule has 3 N–H and O–H groups in total. The lowest BCUT2D eigenvalue weighted by atomic mass is 9.98. The number of hydrogen-bond donors (Lipinski definition) is 2. The molecule has 0 radical (unpaired) electrons. The molecule has 0 bridgehead atoms. The zero-order chi connectivity index (χ0) is 16.4. The number of aryl methyl sites for hydroxylation is 1. The number of fused-ring (bicyclic) bond motifs is 1. The molecule has 2 aromatic rings. The fraction of sp³-hybridized carbons (Fsp3) is 0.412. The van der Waals surface area contributed by atoms with Crippen LogP contribution in [-0.4, -0.2) is 24.0 Å². The van der Waals surface area contributed by atoms with Gasteiger partial charge in [-0.1, -0.05) is 0 Å². The Balaban J connectivity index is 0.00000208. The first-order valence-electron chi connectivity index (χ1n) is 7.78. The first-order valence-corrected chi connectivity index (χ1v) is 8.60. The summed E-state index contributed by atoms with van der Waals surface area (Å²) < 4.78 is 5.19. The minimum Gasteiger partial charge on any atom is -0.497 e. The predicted molar refractivity (Wildman–Crippen MR) is 98.8 cm³/mol. The minimum atomic E-state index is -0.491. The van der Waals surface area contributed by atoms with Crippen LogP contribution in [0.5, 0.6) is 5.75 Å². The van der Waals surface area contributed by atoms with Crippen LogP contribution in [0.2, 0.25) is 0 Å². The first kappa shape index (κ1) is 18.7. The number of carbonyl (C=O) groups is 1. The van der Waals surface area contributed by atoms with Crippen LogP contribution in [0.25, 0.3) is 10.6 Å². The van der Waals surface area contributed by atoms with E-state index in [0.717, 1.165) is 46.2 Å². The van der Waals surface area contributed by atoms with Gasteiger partial charge in [0.1, 0.15) is 10.8 Å². The van der Waals surface area contributed by atoms with Gasteiger partial charge in [0.05, 0.1) is 29.8 Å². The smallest absolute Gasteiger partial charge is 0.237 e. The predicted octanol–water partition coefficient (Wildman–Crippen LogP) is 3.08. The number of rotatable bonds is 4. The van der Waals surface area contributed by atoms with E-state index >= 15 is 0 Å². The quantitative estimate of drug-likeness (QED) is 0.870. The van der Waals surface area contributed by atoms with Crippen molar-refractivity contribution in [1.29, 1.82) is 0 Å². The minimum absolute atomic E-state index is 0. The third-order valence-electron chi connectivity index (χ3n) is 4.02. The maximum atomic E-state index is 11.9. The van der Waals surface area contributed by atoms with Crippen molar-refractivity contribution in [3.63, 3.8) is 0 Å². The molecule has 1 heterocycles. The van der Waals surface area contributed by atoms with Crippen molar-refractivity contribution in [3.05, 3.63) is 34.8 Å². The number of ether oxygens (including phenoxy) is 1. The van der Waals surface area contributed by atoms with E-state index in [1.54, 1.807) is 25.4 Å². The lowest BCUT2D eigenvalue weighted by molar-refractivity contribution is -0.122. The molecule has 1 aliphatic carbocycles. The van der Waals surface area contributed by atoms with Crippen molar-refractivity contribution in [2.75, 3.05) is 7.11 Å². The molecular formula is C17H22ClN3O2S. The summed E-state index contributed by atoms with van der Waals surface area (Å²) >= 11 is 1.66. The standard InChI is InChI=1S/C17H21N3O2S.ClH/c1-10(18)16(21)19-13-4-3-5-14-15(13)23-17(20-14)11-6-8-12(22-2)9-7-11;/h6-10,13H,3-5,18H2,1-2H3,(H,19,21);1H/t10-,13?;/m1./s1. The van der Waals surface area contributed by atoms with Crippen molar-refractivity contribution >= 4 is 29.7 Å². The summed E-state index contributed by atoms with van der Waals surface area (Å²) in [6, 6.07) is 7.43. The van der Waals surface area contributed by atoms with Gasteiger partial charge < -0.3 is 15.8 Å². The summed E-state index contributed by atoms with van der Waals surface area (Å²) in [6.07, 6.45) is 2.94. The number of thiazole rings is 1. The van der Waals surface area contributed by atoms with Crippen LogP contribution in [0, 0.1) is 0 Å². The summed E-state index contributed by atoms with van der Waals surface area (Å²) in [6.45, 7) is 1.70. The molecule has 1 aromatic carbocycles.